The second-order valence-corrected chi connectivity index (χ2v) is 7.13. The number of allylic oxidation sites excluding steroid dienone is 2. The second-order valence-electron chi connectivity index (χ2n) is 7.13. The van der Waals surface area contributed by atoms with Gasteiger partial charge in [0.15, 0.2) is 0 Å². The first-order valence-corrected chi connectivity index (χ1v) is 6.60. The third kappa shape index (κ3) is 0.946. The summed E-state index contributed by atoms with van der Waals surface area (Å²) in [5.74, 6) is 0.958. The van der Waals surface area contributed by atoms with Gasteiger partial charge in [0.25, 0.3) is 0 Å². The summed E-state index contributed by atoms with van der Waals surface area (Å²) in [5, 5.41) is 0. The van der Waals surface area contributed by atoms with Crippen LogP contribution < -0.4 is 0 Å². The van der Waals surface area contributed by atoms with Crippen molar-refractivity contribution in [2.24, 2.45) is 22.2 Å². The third-order valence-corrected chi connectivity index (χ3v) is 6.48. The van der Waals surface area contributed by atoms with Crippen molar-refractivity contribution < 1.29 is 0 Å². The van der Waals surface area contributed by atoms with Crippen LogP contribution in [0.15, 0.2) is 11.6 Å². The largest absolute Gasteiger partial charge is 0.0847 e. The zero-order valence-electron chi connectivity index (χ0n) is 10.7. The summed E-state index contributed by atoms with van der Waals surface area (Å²) in [6, 6.07) is 0. The van der Waals surface area contributed by atoms with E-state index in [0.717, 1.165) is 5.92 Å². The smallest absolute Gasteiger partial charge is 0.0132 e. The average Bonchev–Trinajstić information content (AvgIpc) is 2.73. The standard InChI is InChI=1S/C15H24/c1-11-6-9-15(10-12(11)15)14(4)8-5-7-13(14,2)3/h6,12H,5,7-10H2,1-4H3. The molecule has 2 fully saturated rings. The van der Waals surface area contributed by atoms with Gasteiger partial charge in [0.2, 0.25) is 0 Å². The van der Waals surface area contributed by atoms with E-state index in [1.54, 1.807) is 5.57 Å². The molecule has 0 N–H and O–H groups in total. The van der Waals surface area contributed by atoms with Crippen LogP contribution in [-0.4, -0.2) is 0 Å². The molecule has 3 aliphatic rings. The average molecular weight is 204 g/mol. The van der Waals surface area contributed by atoms with Crippen LogP contribution in [-0.2, 0) is 0 Å². The van der Waals surface area contributed by atoms with E-state index in [0.29, 0.717) is 16.2 Å². The SMILES string of the molecule is CC1=CCC2(C3(C)CCCC3(C)C)CC12. The van der Waals surface area contributed by atoms with Crippen molar-refractivity contribution in [2.75, 3.05) is 0 Å². The monoisotopic (exact) mass is 204 g/mol. The molecule has 0 nitrogen and oxygen atoms in total. The Hall–Kier alpha value is -0.260. The molecule has 0 aromatic carbocycles. The Morgan fingerprint density at radius 2 is 1.93 bits per heavy atom. The minimum atomic E-state index is 0.570. The van der Waals surface area contributed by atoms with Crippen LogP contribution in [0.3, 0.4) is 0 Å². The summed E-state index contributed by atoms with van der Waals surface area (Å²) < 4.78 is 0. The van der Waals surface area contributed by atoms with Gasteiger partial charge in [0.1, 0.15) is 0 Å². The molecule has 0 bridgehead atoms. The van der Waals surface area contributed by atoms with E-state index < -0.39 is 0 Å². The van der Waals surface area contributed by atoms with Crippen LogP contribution >= 0.6 is 0 Å². The summed E-state index contributed by atoms with van der Waals surface area (Å²) in [5.41, 5.74) is 3.56. The maximum absolute atomic E-state index is 2.59. The van der Waals surface area contributed by atoms with Gasteiger partial charge >= 0.3 is 0 Å². The van der Waals surface area contributed by atoms with Crippen LogP contribution in [0.25, 0.3) is 0 Å². The Balaban J connectivity index is 1.96. The Morgan fingerprint density at radius 1 is 1.20 bits per heavy atom. The van der Waals surface area contributed by atoms with E-state index in [4.69, 9.17) is 0 Å². The van der Waals surface area contributed by atoms with Gasteiger partial charge in [-0.15, -0.1) is 0 Å². The highest BCUT2D eigenvalue weighted by Crippen LogP contribution is 2.78. The lowest BCUT2D eigenvalue weighted by atomic mass is 9.59. The molecule has 3 aliphatic carbocycles. The van der Waals surface area contributed by atoms with Crippen molar-refractivity contribution in [2.45, 2.75) is 59.8 Å². The molecule has 3 rings (SSSR count). The van der Waals surface area contributed by atoms with Crippen LogP contribution in [0.1, 0.15) is 59.8 Å². The molecule has 2 saturated carbocycles. The number of hydrogen-bond donors (Lipinski definition) is 0. The van der Waals surface area contributed by atoms with Crippen LogP contribution in [0.2, 0.25) is 0 Å². The summed E-state index contributed by atoms with van der Waals surface area (Å²) in [7, 11) is 0. The van der Waals surface area contributed by atoms with Gasteiger partial charge in [-0.2, -0.15) is 0 Å². The molecular weight excluding hydrogens is 180 g/mol. The number of fused-ring (bicyclic) bond motifs is 1. The second kappa shape index (κ2) is 2.52. The molecule has 3 atom stereocenters. The first-order valence-electron chi connectivity index (χ1n) is 6.60. The topological polar surface area (TPSA) is 0 Å². The molecule has 0 heteroatoms. The Morgan fingerprint density at radius 3 is 2.33 bits per heavy atom. The lowest BCUT2D eigenvalue weighted by Crippen LogP contribution is -2.38. The molecule has 3 unspecified atom stereocenters. The Bertz CT molecular complexity index is 336. The van der Waals surface area contributed by atoms with E-state index in [-0.39, 0.29) is 0 Å². The Kier molecular flexibility index (Phi) is 1.67. The molecule has 0 aromatic heterocycles. The fraction of sp³-hybridized carbons (Fsp3) is 0.867. The molecule has 0 heterocycles. The van der Waals surface area contributed by atoms with E-state index in [1.165, 1.54) is 32.1 Å². The molecule has 0 aliphatic heterocycles. The van der Waals surface area contributed by atoms with E-state index in [2.05, 4.69) is 33.8 Å². The van der Waals surface area contributed by atoms with Crippen molar-refractivity contribution in [3.05, 3.63) is 11.6 Å². The van der Waals surface area contributed by atoms with Crippen molar-refractivity contribution in [3.63, 3.8) is 0 Å². The molecule has 0 amide bonds. The van der Waals surface area contributed by atoms with Gasteiger partial charge in [-0.1, -0.05) is 38.8 Å². The van der Waals surface area contributed by atoms with Gasteiger partial charge in [-0.3, -0.25) is 0 Å². The highest BCUT2D eigenvalue weighted by Gasteiger charge is 2.70. The van der Waals surface area contributed by atoms with Crippen LogP contribution in [0.4, 0.5) is 0 Å². The predicted octanol–water partition coefficient (Wildman–Crippen LogP) is 4.56. The van der Waals surface area contributed by atoms with Gasteiger partial charge < -0.3 is 0 Å². The maximum Gasteiger partial charge on any atom is -0.0132 e. The summed E-state index contributed by atoms with van der Waals surface area (Å²) in [4.78, 5) is 0. The van der Waals surface area contributed by atoms with Gasteiger partial charge in [0, 0.05) is 0 Å². The highest BCUT2D eigenvalue weighted by atomic mass is 14.7. The minimum absolute atomic E-state index is 0.570. The molecule has 0 radical (unpaired) electrons. The highest BCUT2D eigenvalue weighted by molar-refractivity contribution is 5.33. The van der Waals surface area contributed by atoms with Crippen molar-refractivity contribution in [1.82, 2.24) is 0 Å². The third-order valence-electron chi connectivity index (χ3n) is 6.48. The molecule has 84 valence electrons. The number of hydrogen-bond acceptors (Lipinski definition) is 0. The zero-order chi connectivity index (χ0) is 10.9. The molecular formula is C15H24. The van der Waals surface area contributed by atoms with Crippen molar-refractivity contribution >= 4 is 0 Å². The molecule has 15 heavy (non-hydrogen) atoms. The minimum Gasteiger partial charge on any atom is -0.0847 e. The summed E-state index contributed by atoms with van der Waals surface area (Å²) in [6.45, 7) is 9.97. The van der Waals surface area contributed by atoms with E-state index in [1.807, 2.05) is 0 Å². The first kappa shape index (κ1) is 9.93. The molecule has 0 aromatic rings. The number of rotatable bonds is 1. The quantitative estimate of drug-likeness (QED) is 0.549. The fourth-order valence-electron chi connectivity index (χ4n) is 4.87. The maximum atomic E-state index is 2.59. The van der Waals surface area contributed by atoms with Gasteiger partial charge in [-0.05, 0) is 54.8 Å². The van der Waals surface area contributed by atoms with E-state index >= 15 is 0 Å². The van der Waals surface area contributed by atoms with Crippen molar-refractivity contribution in [1.29, 1.82) is 0 Å². The summed E-state index contributed by atoms with van der Waals surface area (Å²) >= 11 is 0. The fourth-order valence-corrected chi connectivity index (χ4v) is 4.87. The van der Waals surface area contributed by atoms with Gasteiger partial charge in [-0.25, -0.2) is 0 Å². The summed E-state index contributed by atoms with van der Waals surface area (Å²) in [6.07, 6.45) is 9.76. The van der Waals surface area contributed by atoms with Crippen molar-refractivity contribution in [3.8, 4) is 0 Å². The lowest BCUT2D eigenvalue weighted by Gasteiger charge is -2.45. The lowest BCUT2D eigenvalue weighted by molar-refractivity contribution is 0.0341. The molecule has 0 saturated heterocycles. The van der Waals surface area contributed by atoms with Crippen LogP contribution in [0, 0.1) is 22.2 Å². The van der Waals surface area contributed by atoms with E-state index in [9.17, 15) is 0 Å². The van der Waals surface area contributed by atoms with Crippen LogP contribution in [0.5, 0.6) is 0 Å². The predicted molar refractivity (Wildman–Crippen MR) is 64.7 cm³/mol. The normalized spacial score (nSPS) is 51.5. The Labute approximate surface area is 94.1 Å². The van der Waals surface area contributed by atoms with Gasteiger partial charge in [0.05, 0.1) is 0 Å². The zero-order valence-corrected chi connectivity index (χ0v) is 10.7. The molecule has 0 spiro atoms. The first-order chi connectivity index (χ1) is 6.93.